The molecule has 0 bridgehead atoms. The first-order valence-corrected chi connectivity index (χ1v) is 5.19. The van der Waals surface area contributed by atoms with Crippen LogP contribution in [0.25, 0.3) is 10.4 Å². The maximum atomic E-state index is 5.90. The van der Waals surface area contributed by atoms with Crippen LogP contribution in [-0.4, -0.2) is 0 Å². The average Bonchev–Trinajstić information content (AvgIpc) is 2.52. The Morgan fingerprint density at radius 3 is 2.77 bits per heavy atom. The molecule has 1 aromatic heterocycles. The third kappa shape index (κ3) is 1.93. The van der Waals surface area contributed by atoms with Gasteiger partial charge in [-0.05, 0) is 36.2 Å². The van der Waals surface area contributed by atoms with Crippen molar-refractivity contribution in [3.63, 3.8) is 0 Å². The summed E-state index contributed by atoms with van der Waals surface area (Å²) in [7, 11) is 0. The molecule has 1 aromatic carbocycles. The molecule has 2 aromatic rings. The Morgan fingerprint density at radius 1 is 1.31 bits per heavy atom. The molecule has 0 nitrogen and oxygen atoms in total. The minimum atomic E-state index is 0.781. The number of thiophene rings is 1. The highest BCUT2D eigenvalue weighted by atomic mass is 35.5. The van der Waals surface area contributed by atoms with E-state index in [4.69, 9.17) is 11.6 Å². The van der Waals surface area contributed by atoms with Crippen molar-refractivity contribution in [1.29, 1.82) is 0 Å². The minimum absolute atomic E-state index is 0.781. The molecule has 0 atom stereocenters. The van der Waals surface area contributed by atoms with Crippen LogP contribution in [0.2, 0.25) is 5.02 Å². The molecular weight excluding hydrogens is 200 g/mol. The van der Waals surface area contributed by atoms with E-state index in [0.717, 1.165) is 5.02 Å². The lowest BCUT2D eigenvalue weighted by Crippen LogP contribution is -1.70. The van der Waals surface area contributed by atoms with Crippen molar-refractivity contribution in [2.24, 2.45) is 0 Å². The second-order valence-electron chi connectivity index (χ2n) is 2.91. The molecule has 0 spiro atoms. The zero-order valence-electron chi connectivity index (χ0n) is 7.17. The van der Waals surface area contributed by atoms with Gasteiger partial charge in [-0.3, -0.25) is 0 Å². The van der Waals surface area contributed by atoms with Crippen molar-refractivity contribution in [3.8, 4) is 10.4 Å². The maximum absolute atomic E-state index is 5.90. The van der Waals surface area contributed by atoms with Crippen LogP contribution in [-0.2, 0) is 0 Å². The molecule has 65 valence electrons. The Labute approximate surface area is 86.8 Å². The van der Waals surface area contributed by atoms with Gasteiger partial charge in [-0.2, -0.15) is 0 Å². The summed E-state index contributed by atoms with van der Waals surface area (Å²) in [6.45, 7) is 2.05. The quantitative estimate of drug-likeness (QED) is 0.658. The molecule has 0 aliphatic heterocycles. The molecule has 1 radical (unpaired) electrons. The average molecular weight is 208 g/mol. The van der Waals surface area contributed by atoms with Crippen LogP contribution >= 0.6 is 22.9 Å². The van der Waals surface area contributed by atoms with Crippen LogP contribution in [0.5, 0.6) is 0 Å². The van der Waals surface area contributed by atoms with E-state index in [-0.39, 0.29) is 0 Å². The van der Waals surface area contributed by atoms with Crippen LogP contribution in [0.3, 0.4) is 0 Å². The zero-order chi connectivity index (χ0) is 9.26. The van der Waals surface area contributed by atoms with Gasteiger partial charge in [-0.15, -0.1) is 11.3 Å². The Bertz CT molecular complexity index is 418. The molecule has 0 saturated heterocycles. The predicted octanol–water partition coefficient (Wildman–Crippen LogP) is 4.18. The number of benzene rings is 1. The largest absolute Gasteiger partial charge is 0.134 e. The summed E-state index contributed by atoms with van der Waals surface area (Å²) in [5, 5.41) is 3.97. The first-order chi connectivity index (χ1) is 6.25. The molecule has 13 heavy (non-hydrogen) atoms. The molecule has 1 heterocycles. The van der Waals surface area contributed by atoms with Gasteiger partial charge >= 0.3 is 0 Å². The van der Waals surface area contributed by atoms with Gasteiger partial charge in [0.15, 0.2) is 0 Å². The highest BCUT2D eigenvalue weighted by molar-refractivity contribution is 7.13. The summed E-state index contributed by atoms with van der Waals surface area (Å²) in [5.74, 6) is 0. The van der Waals surface area contributed by atoms with Crippen molar-refractivity contribution in [2.45, 2.75) is 6.92 Å². The Morgan fingerprint density at radius 2 is 2.15 bits per heavy atom. The van der Waals surface area contributed by atoms with E-state index in [1.807, 2.05) is 25.1 Å². The first kappa shape index (κ1) is 8.79. The van der Waals surface area contributed by atoms with E-state index >= 15 is 0 Å². The van der Waals surface area contributed by atoms with E-state index in [1.54, 1.807) is 11.3 Å². The minimum Gasteiger partial charge on any atom is -0.134 e. The normalized spacial score (nSPS) is 10.3. The van der Waals surface area contributed by atoms with Crippen LogP contribution in [0.15, 0.2) is 30.3 Å². The van der Waals surface area contributed by atoms with Crippen molar-refractivity contribution >= 4 is 22.9 Å². The van der Waals surface area contributed by atoms with Gasteiger partial charge in [-0.1, -0.05) is 23.7 Å². The highest BCUT2D eigenvalue weighted by Gasteiger charge is 2.00. The topological polar surface area (TPSA) is 0 Å². The summed E-state index contributed by atoms with van der Waals surface area (Å²) >= 11 is 7.52. The van der Waals surface area contributed by atoms with Gasteiger partial charge in [0.1, 0.15) is 0 Å². The summed E-state index contributed by atoms with van der Waals surface area (Å²) in [6.07, 6.45) is 0. The fourth-order valence-corrected chi connectivity index (χ4v) is 2.18. The lowest BCUT2D eigenvalue weighted by atomic mass is 10.2. The van der Waals surface area contributed by atoms with Crippen LogP contribution in [0.1, 0.15) is 5.56 Å². The van der Waals surface area contributed by atoms with Gasteiger partial charge in [0.05, 0.1) is 0 Å². The molecule has 0 saturated carbocycles. The van der Waals surface area contributed by atoms with Crippen molar-refractivity contribution < 1.29 is 0 Å². The smallest absolute Gasteiger partial charge is 0.0481 e. The molecule has 0 aliphatic rings. The molecular formula is C11H8ClS. The van der Waals surface area contributed by atoms with Gasteiger partial charge in [0.25, 0.3) is 0 Å². The predicted molar refractivity (Wildman–Crippen MR) is 58.3 cm³/mol. The lowest BCUT2D eigenvalue weighted by Gasteiger charge is -1.96. The molecule has 0 fully saturated rings. The Kier molecular flexibility index (Phi) is 2.38. The monoisotopic (exact) mass is 207 g/mol. The van der Waals surface area contributed by atoms with Gasteiger partial charge in [0, 0.05) is 15.3 Å². The highest BCUT2D eigenvalue weighted by Crippen LogP contribution is 2.27. The standard InChI is InChI=1S/C11H8ClS/c1-8-5-11(13-7-8)9-3-2-4-10(12)6-9/h2-6H,1H3. The van der Waals surface area contributed by atoms with Crippen LogP contribution in [0.4, 0.5) is 0 Å². The number of hydrogen-bond donors (Lipinski definition) is 0. The fraction of sp³-hybridized carbons (Fsp3) is 0.0909. The molecule has 0 N–H and O–H groups in total. The maximum Gasteiger partial charge on any atom is 0.0481 e. The number of hydrogen-bond acceptors (Lipinski definition) is 1. The van der Waals surface area contributed by atoms with Crippen LogP contribution in [0, 0.1) is 12.3 Å². The molecule has 0 amide bonds. The van der Waals surface area contributed by atoms with E-state index in [1.165, 1.54) is 16.0 Å². The fourth-order valence-electron chi connectivity index (χ4n) is 1.18. The molecule has 2 rings (SSSR count). The third-order valence-corrected chi connectivity index (χ3v) is 3.01. The van der Waals surface area contributed by atoms with Crippen molar-refractivity contribution in [1.82, 2.24) is 0 Å². The SMILES string of the molecule is Cc1[c]sc(-c2cccc(Cl)c2)c1. The third-order valence-electron chi connectivity index (χ3n) is 1.78. The van der Waals surface area contributed by atoms with E-state index in [9.17, 15) is 0 Å². The van der Waals surface area contributed by atoms with Crippen molar-refractivity contribution in [3.05, 3.63) is 46.3 Å². The molecule has 2 heteroatoms. The van der Waals surface area contributed by atoms with Gasteiger partial charge < -0.3 is 0 Å². The van der Waals surface area contributed by atoms with Gasteiger partial charge in [-0.25, -0.2) is 0 Å². The number of halogens is 1. The summed E-state index contributed by atoms with van der Waals surface area (Å²) in [6, 6.07) is 10.0. The summed E-state index contributed by atoms with van der Waals surface area (Å²) < 4.78 is 0. The molecule has 0 unspecified atom stereocenters. The van der Waals surface area contributed by atoms with E-state index < -0.39 is 0 Å². The van der Waals surface area contributed by atoms with Gasteiger partial charge in [0.2, 0.25) is 0 Å². The Balaban J connectivity index is 2.46. The zero-order valence-corrected chi connectivity index (χ0v) is 8.75. The second kappa shape index (κ2) is 3.52. The summed E-state index contributed by atoms with van der Waals surface area (Å²) in [4.78, 5) is 1.22. The number of rotatable bonds is 1. The van der Waals surface area contributed by atoms with Crippen molar-refractivity contribution in [2.75, 3.05) is 0 Å². The Hall–Kier alpha value is -0.790. The molecule has 0 aliphatic carbocycles. The number of aryl methyl sites for hydroxylation is 1. The lowest BCUT2D eigenvalue weighted by molar-refractivity contribution is 1.54. The summed E-state index contributed by atoms with van der Waals surface area (Å²) in [5.41, 5.74) is 2.35. The van der Waals surface area contributed by atoms with E-state index in [0.29, 0.717) is 0 Å². The second-order valence-corrected chi connectivity index (χ2v) is 4.19. The first-order valence-electron chi connectivity index (χ1n) is 4.00. The van der Waals surface area contributed by atoms with E-state index in [2.05, 4.69) is 17.5 Å². The van der Waals surface area contributed by atoms with Crippen LogP contribution < -0.4 is 0 Å².